The molecule has 4 nitrogen and oxygen atoms in total. The van der Waals surface area contributed by atoms with Gasteiger partial charge in [-0.2, -0.15) is 0 Å². The molecule has 0 heterocycles. The molecule has 0 fully saturated rings. The average Bonchev–Trinajstić information content (AvgIpc) is 1.96. The minimum atomic E-state index is -1.50. The van der Waals surface area contributed by atoms with Crippen LogP contribution in [0.5, 0.6) is 0 Å². The summed E-state index contributed by atoms with van der Waals surface area (Å²) < 4.78 is 0. The van der Waals surface area contributed by atoms with E-state index in [2.05, 4.69) is 41.5 Å². The van der Waals surface area contributed by atoms with Gasteiger partial charge in [-0.15, -0.1) is 18.0 Å². The lowest BCUT2D eigenvalue weighted by Gasteiger charge is -2.23. The van der Waals surface area contributed by atoms with Crippen LogP contribution in [0.3, 0.4) is 0 Å². The molecule has 17 heavy (non-hydrogen) atoms. The summed E-state index contributed by atoms with van der Waals surface area (Å²) in [7, 11) is 0.321. The van der Waals surface area contributed by atoms with Crippen molar-refractivity contribution >= 4 is 7.92 Å². The van der Waals surface area contributed by atoms with E-state index in [0.717, 1.165) is 17.8 Å². The number of rotatable bonds is 6. The quantitative estimate of drug-likeness (QED) is 0.447. The highest BCUT2D eigenvalue weighted by atomic mass is 31.1. The summed E-state index contributed by atoms with van der Waals surface area (Å²) in [6.45, 7) is 14.1. The first-order valence-corrected chi connectivity index (χ1v) is 8.10. The van der Waals surface area contributed by atoms with Gasteiger partial charge in [-0.25, -0.2) is 0 Å². The van der Waals surface area contributed by atoms with Crippen molar-refractivity contribution in [2.45, 2.75) is 41.5 Å². The zero-order chi connectivity index (χ0) is 14.0. The van der Waals surface area contributed by atoms with Crippen molar-refractivity contribution in [1.82, 2.24) is 0 Å². The maximum Gasteiger partial charge on any atom is 0.291 e. The van der Waals surface area contributed by atoms with E-state index in [4.69, 9.17) is 15.3 Å². The first-order chi connectivity index (χ1) is 7.65. The topological polar surface area (TPSA) is 63.4 Å². The van der Waals surface area contributed by atoms with E-state index in [9.17, 15) is 0 Å². The third kappa shape index (κ3) is 21.5. The Bertz CT molecular complexity index is 168. The standard InChI is InChI=1S/C12H27P.HNO3/c1-10(2)7-13(8-11(3)4)9-12(5)6;2-1(3)4/h10-12H,7-9H2,1-6H3;(H,2,3,4). The molecule has 0 amide bonds. The third-order valence-corrected chi connectivity index (χ3v) is 5.61. The molecule has 0 spiro atoms. The van der Waals surface area contributed by atoms with Crippen LogP contribution in [0.4, 0.5) is 0 Å². The molecule has 0 saturated heterocycles. The fourth-order valence-electron chi connectivity index (χ4n) is 1.77. The van der Waals surface area contributed by atoms with Gasteiger partial charge in [0, 0.05) is 0 Å². The van der Waals surface area contributed by atoms with Crippen LogP contribution in [0.1, 0.15) is 41.5 Å². The number of hydrogen-bond donors (Lipinski definition) is 1. The van der Waals surface area contributed by atoms with Crippen molar-refractivity contribution in [1.29, 1.82) is 0 Å². The molecule has 0 aliphatic rings. The highest BCUT2D eigenvalue weighted by Crippen LogP contribution is 2.41. The first-order valence-electron chi connectivity index (χ1n) is 6.20. The monoisotopic (exact) mass is 265 g/mol. The van der Waals surface area contributed by atoms with Crippen molar-refractivity contribution in [3.63, 3.8) is 0 Å². The predicted octanol–water partition coefficient (Wildman–Crippen LogP) is 4.09. The molecule has 0 radical (unpaired) electrons. The van der Waals surface area contributed by atoms with E-state index in [1.165, 1.54) is 18.5 Å². The smallest absolute Gasteiger partial charge is 0.291 e. The fourth-order valence-corrected chi connectivity index (χ4v) is 5.32. The second-order valence-corrected chi connectivity index (χ2v) is 8.08. The lowest BCUT2D eigenvalue weighted by Crippen LogP contribution is -2.07. The van der Waals surface area contributed by atoms with Gasteiger partial charge in [-0.1, -0.05) is 41.5 Å². The van der Waals surface area contributed by atoms with E-state index in [1.54, 1.807) is 0 Å². The van der Waals surface area contributed by atoms with Gasteiger partial charge in [0.1, 0.15) is 0 Å². The molecule has 0 aliphatic heterocycles. The van der Waals surface area contributed by atoms with Crippen molar-refractivity contribution in [3.05, 3.63) is 10.1 Å². The fraction of sp³-hybridized carbons (Fsp3) is 1.00. The summed E-state index contributed by atoms with van der Waals surface area (Å²) in [4.78, 5) is 8.36. The van der Waals surface area contributed by atoms with E-state index >= 15 is 0 Å². The van der Waals surface area contributed by atoms with Crippen LogP contribution < -0.4 is 0 Å². The van der Waals surface area contributed by atoms with Crippen LogP contribution in [-0.4, -0.2) is 28.8 Å². The predicted molar refractivity (Wildman–Crippen MR) is 74.8 cm³/mol. The Kier molecular flexibility index (Phi) is 12.0. The molecule has 0 aromatic carbocycles. The molecular weight excluding hydrogens is 237 g/mol. The Hall–Kier alpha value is -0.370. The molecule has 1 N–H and O–H groups in total. The zero-order valence-electron chi connectivity index (χ0n) is 12.0. The third-order valence-electron chi connectivity index (χ3n) is 1.87. The minimum Gasteiger partial charge on any atom is -0.328 e. The summed E-state index contributed by atoms with van der Waals surface area (Å²) in [6.07, 6.45) is 4.43. The second-order valence-electron chi connectivity index (χ2n) is 5.64. The zero-order valence-corrected chi connectivity index (χ0v) is 12.9. The number of nitrogens with zero attached hydrogens (tertiary/aromatic N) is 1. The molecule has 0 aromatic rings. The highest BCUT2D eigenvalue weighted by Gasteiger charge is 2.13. The van der Waals surface area contributed by atoms with Gasteiger partial charge < -0.3 is 5.21 Å². The lowest BCUT2D eigenvalue weighted by molar-refractivity contribution is -0.742. The van der Waals surface area contributed by atoms with Gasteiger partial charge in [0.15, 0.2) is 0 Å². The van der Waals surface area contributed by atoms with Gasteiger partial charge in [0.2, 0.25) is 0 Å². The van der Waals surface area contributed by atoms with Crippen LogP contribution in [0.2, 0.25) is 0 Å². The molecule has 104 valence electrons. The summed E-state index contributed by atoms with van der Waals surface area (Å²) in [5.74, 6) is 2.68. The maximum atomic E-state index is 8.36. The summed E-state index contributed by atoms with van der Waals surface area (Å²) in [5, 5.41) is 13.6. The largest absolute Gasteiger partial charge is 0.328 e. The minimum absolute atomic E-state index is 0.321. The molecule has 0 bridgehead atoms. The Labute approximate surface area is 107 Å². The Morgan fingerprint density at radius 2 is 1.12 bits per heavy atom. The van der Waals surface area contributed by atoms with Crippen LogP contribution in [-0.2, 0) is 0 Å². The SMILES string of the molecule is CC(C)CP(CC(C)C)CC(C)C.O=[N+]([O-])O. The molecule has 0 unspecified atom stereocenters. The van der Waals surface area contributed by atoms with Crippen LogP contribution in [0.15, 0.2) is 0 Å². The maximum absolute atomic E-state index is 8.36. The Morgan fingerprint density at radius 3 is 1.24 bits per heavy atom. The Morgan fingerprint density at radius 1 is 0.941 bits per heavy atom. The average molecular weight is 265 g/mol. The van der Waals surface area contributed by atoms with E-state index in [0.29, 0.717) is 7.92 Å². The van der Waals surface area contributed by atoms with E-state index < -0.39 is 5.09 Å². The van der Waals surface area contributed by atoms with Crippen molar-refractivity contribution in [2.24, 2.45) is 17.8 Å². The van der Waals surface area contributed by atoms with Crippen molar-refractivity contribution in [2.75, 3.05) is 18.5 Å². The molecule has 0 atom stereocenters. The van der Waals surface area contributed by atoms with Crippen LogP contribution in [0.25, 0.3) is 0 Å². The summed E-state index contributed by atoms with van der Waals surface area (Å²) in [6, 6.07) is 0. The van der Waals surface area contributed by atoms with Crippen LogP contribution in [0, 0.1) is 27.9 Å². The van der Waals surface area contributed by atoms with Crippen LogP contribution >= 0.6 is 7.92 Å². The van der Waals surface area contributed by atoms with Crippen molar-refractivity contribution < 1.29 is 10.3 Å². The number of hydrogen-bond acceptors (Lipinski definition) is 2. The van der Waals surface area contributed by atoms with Gasteiger partial charge >= 0.3 is 0 Å². The first kappa shape index (κ1) is 19.0. The molecule has 5 heteroatoms. The Balaban J connectivity index is 0. The van der Waals surface area contributed by atoms with Gasteiger partial charge in [-0.3, -0.25) is 0 Å². The molecule has 0 aliphatic carbocycles. The second kappa shape index (κ2) is 10.8. The lowest BCUT2D eigenvalue weighted by atomic mass is 10.3. The highest BCUT2D eigenvalue weighted by molar-refractivity contribution is 7.57. The molecular formula is C12H28NO3P. The molecule has 0 aromatic heterocycles. The van der Waals surface area contributed by atoms with Gasteiger partial charge in [0.25, 0.3) is 5.09 Å². The van der Waals surface area contributed by atoms with Crippen molar-refractivity contribution in [3.8, 4) is 0 Å². The van der Waals surface area contributed by atoms with Gasteiger partial charge in [-0.05, 0) is 36.2 Å². The van der Waals surface area contributed by atoms with Gasteiger partial charge in [0.05, 0.1) is 0 Å². The van der Waals surface area contributed by atoms with E-state index in [-0.39, 0.29) is 0 Å². The summed E-state index contributed by atoms with van der Waals surface area (Å²) >= 11 is 0. The molecule has 0 saturated carbocycles. The molecule has 0 rings (SSSR count). The normalized spacial score (nSPS) is 10.9. The summed E-state index contributed by atoms with van der Waals surface area (Å²) in [5.41, 5.74) is 0. The van der Waals surface area contributed by atoms with E-state index in [1.807, 2.05) is 0 Å².